The standard InChI is InChI=1S/C23H27N3O2S/c1-24(9-18-5-7-29-16-18)13-20-2-3-22-21-8-19(12-26(22)23(20)27)11-25(14-21)10-17-4-6-28-15-17/h2-7,15-16,19,21H,8-14H2,1H3/t19-,21+/m0/s1. The minimum absolute atomic E-state index is 0.206. The summed E-state index contributed by atoms with van der Waals surface area (Å²) in [5.74, 6) is 0.990. The lowest BCUT2D eigenvalue weighted by atomic mass is 9.83. The topological polar surface area (TPSA) is 41.6 Å². The molecule has 0 N–H and O–H groups in total. The normalized spacial score (nSPS) is 21.4. The van der Waals surface area contributed by atoms with Crippen molar-refractivity contribution in [3.8, 4) is 0 Å². The van der Waals surface area contributed by atoms with Crippen molar-refractivity contribution in [1.82, 2.24) is 14.4 Å². The van der Waals surface area contributed by atoms with Gasteiger partial charge < -0.3 is 8.98 Å². The van der Waals surface area contributed by atoms with Crippen molar-refractivity contribution in [2.45, 2.75) is 38.5 Å². The van der Waals surface area contributed by atoms with E-state index in [2.05, 4.69) is 50.4 Å². The molecule has 2 aliphatic rings. The number of nitrogens with zero attached hydrogens (tertiary/aromatic N) is 3. The number of fused-ring (bicyclic) bond motifs is 4. The maximum Gasteiger partial charge on any atom is 0.255 e. The molecule has 5 heterocycles. The zero-order valence-electron chi connectivity index (χ0n) is 16.8. The molecule has 3 aromatic rings. The third kappa shape index (κ3) is 3.97. The van der Waals surface area contributed by atoms with Gasteiger partial charge in [-0.15, -0.1) is 0 Å². The van der Waals surface area contributed by atoms with Gasteiger partial charge in [-0.2, -0.15) is 11.3 Å². The minimum atomic E-state index is 0.206. The molecule has 0 aliphatic carbocycles. The van der Waals surface area contributed by atoms with Crippen molar-refractivity contribution in [3.05, 3.63) is 80.3 Å². The smallest absolute Gasteiger partial charge is 0.255 e. The van der Waals surface area contributed by atoms with Crippen LogP contribution in [0.15, 0.2) is 56.8 Å². The van der Waals surface area contributed by atoms with Gasteiger partial charge in [0.05, 0.1) is 12.5 Å². The molecule has 2 aliphatic heterocycles. The first kappa shape index (κ1) is 18.9. The predicted octanol–water partition coefficient (Wildman–Crippen LogP) is 3.75. The van der Waals surface area contributed by atoms with Crippen LogP contribution in [0.3, 0.4) is 0 Å². The molecule has 6 heteroatoms. The minimum Gasteiger partial charge on any atom is -0.472 e. The van der Waals surface area contributed by atoms with Crippen molar-refractivity contribution in [2.24, 2.45) is 5.92 Å². The third-order valence-corrected chi connectivity index (χ3v) is 6.95. The van der Waals surface area contributed by atoms with Gasteiger partial charge in [-0.1, -0.05) is 6.07 Å². The average molecular weight is 410 g/mol. The maximum atomic E-state index is 13.2. The Morgan fingerprint density at radius 3 is 2.86 bits per heavy atom. The number of hydrogen-bond acceptors (Lipinski definition) is 5. The monoisotopic (exact) mass is 409 g/mol. The van der Waals surface area contributed by atoms with Crippen molar-refractivity contribution in [3.63, 3.8) is 0 Å². The van der Waals surface area contributed by atoms with Gasteiger partial charge in [0.1, 0.15) is 0 Å². The van der Waals surface area contributed by atoms with E-state index in [1.807, 2.05) is 12.3 Å². The number of rotatable bonds is 6. The summed E-state index contributed by atoms with van der Waals surface area (Å²) >= 11 is 1.72. The molecule has 5 nitrogen and oxygen atoms in total. The largest absolute Gasteiger partial charge is 0.472 e. The van der Waals surface area contributed by atoms with Crippen LogP contribution >= 0.6 is 11.3 Å². The Kier molecular flexibility index (Phi) is 5.16. The Balaban J connectivity index is 1.32. The Morgan fingerprint density at radius 1 is 1.14 bits per heavy atom. The van der Waals surface area contributed by atoms with Gasteiger partial charge in [0.15, 0.2) is 0 Å². The van der Waals surface area contributed by atoms with Crippen LogP contribution in [0.25, 0.3) is 0 Å². The van der Waals surface area contributed by atoms with Crippen LogP contribution in [0.2, 0.25) is 0 Å². The van der Waals surface area contributed by atoms with Crippen molar-refractivity contribution < 1.29 is 4.42 Å². The Bertz CT molecular complexity index is 1010. The molecule has 1 saturated heterocycles. The summed E-state index contributed by atoms with van der Waals surface area (Å²) in [5, 5.41) is 4.28. The quantitative estimate of drug-likeness (QED) is 0.622. The zero-order chi connectivity index (χ0) is 19.8. The van der Waals surface area contributed by atoms with E-state index in [0.717, 1.165) is 38.3 Å². The molecule has 0 saturated carbocycles. The van der Waals surface area contributed by atoms with Crippen molar-refractivity contribution >= 4 is 11.3 Å². The number of likely N-dealkylation sites (tertiary alicyclic amines) is 1. The highest BCUT2D eigenvalue weighted by Crippen LogP contribution is 2.35. The second-order valence-corrected chi connectivity index (χ2v) is 9.41. The van der Waals surface area contributed by atoms with Crippen LogP contribution in [-0.4, -0.2) is 34.5 Å². The van der Waals surface area contributed by atoms with Gasteiger partial charge in [-0.05, 0) is 53.9 Å². The van der Waals surface area contributed by atoms with Crippen LogP contribution < -0.4 is 5.56 Å². The average Bonchev–Trinajstić information content (AvgIpc) is 3.39. The Labute approximate surface area is 175 Å². The van der Waals surface area contributed by atoms with Crippen molar-refractivity contribution in [1.29, 1.82) is 0 Å². The van der Waals surface area contributed by atoms with Crippen LogP contribution in [0.4, 0.5) is 0 Å². The second kappa shape index (κ2) is 7.94. The van der Waals surface area contributed by atoms with Crippen LogP contribution in [0.5, 0.6) is 0 Å². The number of thiophene rings is 1. The fraction of sp³-hybridized carbons (Fsp3) is 0.435. The van der Waals surface area contributed by atoms with E-state index in [4.69, 9.17) is 4.42 Å². The number of aromatic nitrogens is 1. The third-order valence-electron chi connectivity index (χ3n) is 6.22. The molecule has 0 aromatic carbocycles. The lowest BCUT2D eigenvalue weighted by Gasteiger charge is -2.43. The zero-order valence-corrected chi connectivity index (χ0v) is 17.6. The first-order valence-corrected chi connectivity index (χ1v) is 11.3. The summed E-state index contributed by atoms with van der Waals surface area (Å²) in [6.07, 6.45) is 4.77. The molecule has 2 atom stereocenters. The van der Waals surface area contributed by atoms with Gasteiger partial charge in [-0.25, -0.2) is 0 Å². The molecule has 0 spiro atoms. The molecule has 1 fully saturated rings. The first-order valence-electron chi connectivity index (χ1n) is 10.3. The van der Waals surface area contributed by atoms with E-state index in [-0.39, 0.29) is 5.56 Å². The molecule has 29 heavy (non-hydrogen) atoms. The van der Waals surface area contributed by atoms with E-state index in [1.54, 1.807) is 17.6 Å². The molecule has 0 amide bonds. The van der Waals surface area contributed by atoms with Gasteiger partial charge in [0, 0.05) is 62.0 Å². The lowest BCUT2D eigenvalue weighted by Crippen LogP contribution is -2.47. The van der Waals surface area contributed by atoms with E-state index in [9.17, 15) is 4.79 Å². The summed E-state index contributed by atoms with van der Waals surface area (Å²) in [4.78, 5) is 18.0. The molecule has 0 unspecified atom stereocenters. The summed E-state index contributed by atoms with van der Waals surface area (Å²) in [7, 11) is 2.09. The first-order chi connectivity index (χ1) is 14.2. The van der Waals surface area contributed by atoms with Crippen molar-refractivity contribution in [2.75, 3.05) is 20.1 Å². The molecule has 152 valence electrons. The van der Waals surface area contributed by atoms with Gasteiger partial charge in [-0.3, -0.25) is 14.6 Å². The van der Waals surface area contributed by atoms with Gasteiger partial charge in [0.25, 0.3) is 5.56 Å². The molecule has 5 rings (SSSR count). The molecule has 2 bridgehead atoms. The number of piperidine rings is 1. The SMILES string of the molecule is CN(Cc1ccsc1)Cc1ccc2n(c1=O)C[C@H]1C[C@@H]2CN(Cc2ccoc2)C1. The highest BCUT2D eigenvalue weighted by atomic mass is 32.1. The second-order valence-electron chi connectivity index (χ2n) is 8.63. The molecular formula is C23H27N3O2S. The Morgan fingerprint density at radius 2 is 2.07 bits per heavy atom. The highest BCUT2D eigenvalue weighted by Gasteiger charge is 2.35. The van der Waals surface area contributed by atoms with E-state index >= 15 is 0 Å². The fourth-order valence-electron chi connectivity index (χ4n) is 5.02. The number of furan rings is 1. The maximum absolute atomic E-state index is 13.2. The predicted molar refractivity (Wildman–Crippen MR) is 115 cm³/mol. The van der Waals surface area contributed by atoms with Crippen LogP contribution in [0, 0.1) is 5.92 Å². The van der Waals surface area contributed by atoms with Crippen LogP contribution in [0.1, 0.15) is 34.7 Å². The van der Waals surface area contributed by atoms with Gasteiger partial charge >= 0.3 is 0 Å². The highest BCUT2D eigenvalue weighted by molar-refractivity contribution is 7.07. The van der Waals surface area contributed by atoms with E-state index < -0.39 is 0 Å². The van der Waals surface area contributed by atoms with Crippen LogP contribution in [-0.2, 0) is 26.2 Å². The lowest BCUT2D eigenvalue weighted by molar-refractivity contribution is 0.114. The van der Waals surface area contributed by atoms with Gasteiger partial charge in [0.2, 0.25) is 0 Å². The molecular weight excluding hydrogens is 382 g/mol. The Hall–Kier alpha value is -2.15. The molecule has 0 radical (unpaired) electrons. The van der Waals surface area contributed by atoms with E-state index in [0.29, 0.717) is 18.4 Å². The van der Waals surface area contributed by atoms with E-state index in [1.165, 1.54) is 23.2 Å². The molecule has 3 aromatic heterocycles. The summed E-state index contributed by atoms with van der Waals surface area (Å²) in [6.45, 7) is 5.40. The summed E-state index contributed by atoms with van der Waals surface area (Å²) < 4.78 is 7.30. The summed E-state index contributed by atoms with van der Waals surface area (Å²) in [5.41, 5.74) is 4.86. The summed E-state index contributed by atoms with van der Waals surface area (Å²) in [6, 6.07) is 8.46. The number of hydrogen-bond donors (Lipinski definition) is 0. The fourth-order valence-corrected chi connectivity index (χ4v) is 5.68. The number of pyridine rings is 1.